The summed E-state index contributed by atoms with van der Waals surface area (Å²) in [5.74, 6) is 1.09. The average molecular weight is 445 g/mol. The lowest BCUT2D eigenvalue weighted by atomic mass is 9.98. The number of ether oxygens (including phenoxy) is 1. The zero-order valence-electron chi connectivity index (χ0n) is 18.6. The number of hydrogen-bond donors (Lipinski definition) is 0. The fourth-order valence-corrected chi connectivity index (χ4v) is 3.81. The molecule has 168 valence electrons. The molecule has 1 unspecified atom stereocenters. The summed E-state index contributed by atoms with van der Waals surface area (Å²) in [6.45, 7) is 6.93. The van der Waals surface area contributed by atoms with E-state index in [2.05, 4.69) is 25.3 Å². The first kappa shape index (κ1) is 20.8. The largest absolute Gasteiger partial charge is 0.477 e. The van der Waals surface area contributed by atoms with E-state index >= 15 is 0 Å². The Hall–Kier alpha value is -4.08. The number of nitrogens with zero attached hydrogens (tertiary/aromatic N) is 7. The molecular formula is C23H23N7O3. The maximum atomic E-state index is 13.5. The van der Waals surface area contributed by atoms with Gasteiger partial charge in [-0.2, -0.15) is 20.0 Å². The number of hydrogen-bond acceptors (Lipinski definition) is 8. The van der Waals surface area contributed by atoms with Crippen molar-refractivity contribution in [3.05, 3.63) is 65.4 Å². The minimum atomic E-state index is -0.300. The van der Waals surface area contributed by atoms with Crippen molar-refractivity contribution in [3.8, 4) is 23.0 Å². The van der Waals surface area contributed by atoms with Gasteiger partial charge in [0.15, 0.2) is 0 Å². The Bertz CT molecular complexity index is 1300. The maximum absolute atomic E-state index is 13.5. The number of pyridine rings is 1. The van der Waals surface area contributed by atoms with E-state index in [9.17, 15) is 4.79 Å². The fourth-order valence-electron chi connectivity index (χ4n) is 3.81. The lowest BCUT2D eigenvalue weighted by Gasteiger charge is -2.38. The summed E-state index contributed by atoms with van der Waals surface area (Å²) in [5.41, 5.74) is 3.90. The second-order valence-electron chi connectivity index (χ2n) is 7.82. The van der Waals surface area contributed by atoms with Gasteiger partial charge in [0.2, 0.25) is 17.6 Å². The molecule has 0 radical (unpaired) electrons. The third-order valence-electron chi connectivity index (χ3n) is 5.78. The van der Waals surface area contributed by atoms with Gasteiger partial charge in [0, 0.05) is 12.7 Å². The van der Waals surface area contributed by atoms with Gasteiger partial charge in [-0.15, -0.1) is 0 Å². The molecule has 0 N–H and O–H groups in total. The number of aromatic nitrogens is 6. The topological polar surface area (TPSA) is 112 Å². The quantitative estimate of drug-likeness (QED) is 0.444. The van der Waals surface area contributed by atoms with Crippen LogP contribution < -0.4 is 4.74 Å². The SMILES string of the molecule is CCOc1ncccc1-c1noc(C2CCN2C(=O)c2cc(C)c(C)cc2-n2nccn2)n1. The van der Waals surface area contributed by atoms with Crippen LogP contribution in [0.25, 0.3) is 17.1 Å². The van der Waals surface area contributed by atoms with Crippen LogP contribution in [0.2, 0.25) is 0 Å². The Balaban J connectivity index is 1.44. The van der Waals surface area contributed by atoms with Gasteiger partial charge >= 0.3 is 0 Å². The molecule has 1 atom stereocenters. The Morgan fingerprint density at radius 3 is 2.70 bits per heavy atom. The number of amides is 1. The number of likely N-dealkylation sites (tertiary alicyclic amines) is 1. The molecule has 4 heterocycles. The molecule has 1 aliphatic heterocycles. The van der Waals surface area contributed by atoms with E-state index in [4.69, 9.17) is 9.26 Å². The molecule has 10 heteroatoms. The van der Waals surface area contributed by atoms with E-state index < -0.39 is 0 Å². The van der Waals surface area contributed by atoms with E-state index in [1.165, 1.54) is 4.80 Å². The predicted molar refractivity (Wildman–Crippen MR) is 118 cm³/mol. The van der Waals surface area contributed by atoms with Crippen molar-refractivity contribution >= 4 is 5.91 Å². The Morgan fingerprint density at radius 1 is 1.18 bits per heavy atom. The van der Waals surface area contributed by atoms with Crippen LogP contribution in [0.15, 0.2) is 47.4 Å². The molecular weight excluding hydrogens is 422 g/mol. The van der Waals surface area contributed by atoms with Crippen LogP contribution in [0.1, 0.15) is 46.8 Å². The van der Waals surface area contributed by atoms with E-state index in [1.54, 1.807) is 29.6 Å². The van der Waals surface area contributed by atoms with Gasteiger partial charge in [-0.05, 0) is 62.6 Å². The molecule has 10 nitrogen and oxygen atoms in total. The monoisotopic (exact) mass is 445 g/mol. The highest BCUT2D eigenvalue weighted by Crippen LogP contribution is 2.36. The van der Waals surface area contributed by atoms with E-state index in [-0.39, 0.29) is 11.9 Å². The second kappa shape index (κ2) is 8.45. The van der Waals surface area contributed by atoms with Crippen LogP contribution in [0, 0.1) is 13.8 Å². The highest BCUT2D eigenvalue weighted by Gasteiger charge is 2.39. The average Bonchev–Trinajstić information content (AvgIpc) is 3.48. The van der Waals surface area contributed by atoms with E-state index in [0.717, 1.165) is 17.5 Å². The number of aryl methyl sites for hydroxylation is 2. The fraction of sp³-hybridized carbons (Fsp3) is 0.304. The summed E-state index contributed by atoms with van der Waals surface area (Å²) in [5, 5.41) is 12.5. The maximum Gasteiger partial charge on any atom is 0.256 e. The molecule has 1 saturated heterocycles. The molecule has 33 heavy (non-hydrogen) atoms. The van der Waals surface area contributed by atoms with Crippen molar-refractivity contribution in [2.24, 2.45) is 0 Å². The zero-order valence-corrected chi connectivity index (χ0v) is 18.6. The van der Waals surface area contributed by atoms with Gasteiger partial charge in [0.25, 0.3) is 5.91 Å². The molecule has 3 aromatic heterocycles. The summed E-state index contributed by atoms with van der Waals surface area (Å²) >= 11 is 0. The number of rotatable bonds is 6. The van der Waals surface area contributed by atoms with Crippen molar-refractivity contribution < 1.29 is 14.1 Å². The van der Waals surface area contributed by atoms with Gasteiger partial charge in [-0.1, -0.05) is 5.16 Å². The van der Waals surface area contributed by atoms with Gasteiger partial charge in [0.05, 0.1) is 35.8 Å². The van der Waals surface area contributed by atoms with Crippen LogP contribution in [-0.4, -0.2) is 54.1 Å². The van der Waals surface area contributed by atoms with Crippen molar-refractivity contribution in [3.63, 3.8) is 0 Å². The third kappa shape index (κ3) is 3.73. The van der Waals surface area contributed by atoms with Gasteiger partial charge in [-0.25, -0.2) is 4.98 Å². The van der Waals surface area contributed by atoms with Crippen molar-refractivity contribution in [1.82, 2.24) is 35.0 Å². The second-order valence-corrected chi connectivity index (χ2v) is 7.82. The first-order chi connectivity index (χ1) is 16.1. The molecule has 1 aromatic carbocycles. The summed E-state index contributed by atoms with van der Waals surface area (Å²) in [7, 11) is 0. The first-order valence-corrected chi connectivity index (χ1v) is 10.8. The lowest BCUT2D eigenvalue weighted by molar-refractivity contribution is 0.0378. The molecule has 1 amide bonds. The smallest absolute Gasteiger partial charge is 0.256 e. The van der Waals surface area contributed by atoms with Crippen molar-refractivity contribution in [1.29, 1.82) is 0 Å². The third-order valence-corrected chi connectivity index (χ3v) is 5.78. The molecule has 0 bridgehead atoms. The highest BCUT2D eigenvalue weighted by atomic mass is 16.5. The van der Waals surface area contributed by atoms with Gasteiger partial charge in [0.1, 0.15) is 6.04 Å². The van der Waals surface area contributed by atoms with Crippen LogP contribution in [0.5, 0.6) is 5.88 Å². The Labute approximate surface area is 190 Å². The lowest BCUT2D eigenvalue weighted by Crippen LogP contribution is -2.45. The summed E-state index contributed by atoms with van der Waals surface area (Å²) in [6.07, 6.45) is 5.56. The van der Waals surface area contributed by atoms with Crippen LogP contribution >= 0.6 is 0 Å². The van der Waals surface area contributed by atoms with E-state index in [0.29, 0.717) is 47.6 Å². The molecule has 1 fully saturated rings. The van der Waals surface area contributed by atoms with Gasteiger partial charge in [-0.3, -0.25) is 4.79 Å². The van der Waals surface area contributed by atoms with E-state index in [1.807, 2.05) is 39.0 Å². The summed E-state index contributed by atoms with van der Waals surface area (Å²) in [4.78, 5) is 25.5. The first-order valence-electron chi connectivity index (χ1n) is 10.8. The normalized spacial score (nSPS) is 15.4. The number of carbonyl (C=O) groups excluding carboxylic acids is 1. The number of benzene rings is 1. The Kier molecular flexibility index (Phi) is 5.33. The summed E-state index contributed by atoms with van der Waals surface area (Å²) < 4.78 is 11.1. The van der Waals surface area contributed by atoms with Gasteiger partial charge < -0.3 is 14.2 Å². The van der Waals surface area contributed by atoms with Crippen LogP contribution in [0.3, 0.4) is 0 Å². The minimum Gasteiger partial charge on any atom is -0.477 e. The standard InChI is InChI=1S/C23H23N7O3/c1-4-32-21-16(6-5-8-24-21)20-27-22(33-28-20)18-7-11-29(18)23(31)17-12-14(2)15(3)13-19(17)30-25-9-10-26-30/h5-6,8-10,12-13,18H,4,7,11H2,1-3H3. The highest BCUT2D eigenvalue weighted by molar-refractivity contribution is 5.98. The molecule has 5 rings (SSSR count). The number of carbonyl (C=O) groups is 1. The molecule has 1 aliphatic rings. The molecule has 0 aliphatic carbocycles. The zero-order chi connectivity index (χ0) is 22.9. The van der Waals surface area contributed by atoms with Crippen molar-refractivity contribution in [2.45, 2.75) is 33.2 Å². The van der Waals surface area contributed by atoms with Crippen LogP contribution in [-0.2, 0) is 0 Å². The predicted octanol–water partition coefficient (Wildman–Crippen LogP) is 3.32. The summed E-state index contributed by atoms with van der Waals surface area (Å²) in [6, 6.07) is 7.13. The molecule has 0 spiro atoms. The molecule has 0 saturated carbocycles. The van der Waals surface area contributed by atoms with Crippen LogP contribution in [0.4, 0.5) is 0 Å². The molecule has 4 aromatic rings. The Morgan fingerprint density at radius 2 is 1.97 bits per heavy atom. The van der Waals surface area contributed by atoms with Crippen molar-refractivity contribution in [2.75, 3.05) is 13.2 Å². The minimum absolute atomic E-state index is 0.127.